The first-order valence-electron chi connectivity index (χ1n) is 10.7. The molecular weight excluding hydrogens is 500 g/mol. The molecule has 1 rings (SSSR count). The van der Waals surface area contributed by atoms with Crippen LogP contribution in [-0.2, 0) is 35.2 Å². The highest BCUT2D eigenvalue weighted by Gasteiger charge is 2.32. The van der Waals surface area contributed by atoms with Crippen molar-refractivity contribution in [3.63, 3.8) is 0 Å². The number of hydrogen-bond donors (Lipinski definition) is 8. The number of carboxylic acid groups (broad SMARTS) is 3. The average molecular weight is 531 g/mol. The Morgan fingerprint density at radius 3 is 2.08 bits per heavy atom. The molecule has 0 aromatic carbocycles. The molecule has 4 unspecified atom stereocenters. The van der Waals surface area contributed by atoms with Gasteiger partial charge in [0.1, 0.15) is 18.1 Å². The Bertz CT molecular complexity index is 927. The van der Waals surface area contributed by atoms with Crippen molar-refractivity contribution in [1.29, 1.82) is 0 Å². The second-order valence-corrected chi connectivity index (χ2v) is 8.71. The van der Waals surface area contributed by atoms with E-state index < -0.39 is 72.6 Å². The zero-order chi connectivity index (χ0) is 27.3. The minimum absolute atomic E-state index is 0.194. The number of amides is 3. The summed E-state index contributed by atoms with van der Waals surface area (Å²) in [6, 6.07) is -5.59. The van der Waals surface area contributed by atoms with Crippen molar-refractivity contribution in [2.75, 3.05) is 12.0 Å². The lowest BCUT2D eigenvalue weighted by Crippen LogP contribution is -2.57. The van der Waals surface area contributed by atoms with Crippen LogP contribution in [0.2, 0.25) is 0 Å². The van der Waals surface area contributed by atoms with E-state index in [0.29, 0.717) is 11.4 Å². The minimum Gasteiger partial charge on any atom is -0.481 e. The highest BCUT2D eigenvalue weighted by molar-refractivity contribution is 7.98. The first-order valence-corrected chi connectivity index (χ1v) is 12.1. The van der Waals surface area contributed by atoms with Crippen LogP contribution < -0.4 is 21.7 Å². The molecule has 1 heterocycles. The average Bonchev–Trinajstić information content (AvgIpc) is 3.31. The van der Waals surface area contributed by atoms with Gasteiger partial charge in [-0.3, -0.25) is 24.0 Å². The van der Waals surface area contributed by atoms with Crippen LogP contribution >= 0.6 is 11.8 Å². The van der Waals surface area contributed by atoms with Gasteiger partial charge in [-0.1, -0.05) is 0 Å². The molecule has 4 atom stereocenters. The number of carboxylic acids is 3. The molecule has 0 saturated carbocycles. The van der Waals surface area contributed by atoms with Crippen LogP contribution in [0.5, 0.6) is 0 Å². The molecule has 1 aromatic heterocycles. The quantitative estimate of drug-likeness (QED) is 0.108. The normalized spacial score (nSPS) is 14.1. The number of nitrogens with two attached hydrogens (primary N) is 1. The van der Waals surface area contributed by atoms with Crippen LogP contribution in [0.4, 0.5) is 0 Å². The van der Waals surface area contributed by atoms with Crippen molar-refractivity contribution in [3.8, 4) is 0 Å². The van der Waals surface area contributed by atoms with E-state index in [-0.39, 0.29) is 19.3 Å². The molecule has 0 aliphatic rings. The number of nitrogens with zero attached hydrogens (tertiary/aromatic N) is 1. The molecule has 15 nitrogen and oxygen atoms in total. The summed E-state index contributed by atoms with van der Waals surface area (Å²) in [6.45, 7) is 0. The van der Waals surface area contributed by atoms with E-state index in [9.17, 15) is 39.0 Å². The minimum atomic E-state index is -1.71. The molecule has 16 heteroatoms. The van der Waals surface area contributed by atoms with Gasteiger partial charge in [-0.05, 0) is 24.9 Å². The second-order valence-electron chi connectivity index (χ2n) is 7.72. The van der Waals surface area contributed by atoms with Gasteiger partial charge >= 0.3 is 17.9 Å². The highest BCUT2D eigenvalue weighted by Crippen LogP contribution is 2.05. The topological polar surface area (TPSA) is 254 Å². The molecule has 200 valence electrons. The third-order valence-electron chi connectivity index (χ3n) is 4.85. The Morgan fingerprint density at radius 1 is 0.944 bits per heavy atom. The van der Waals surface area contributed by atoms with Gasteiger partial charge in [-0.2, -0.15) is 11.8 Å². The van der Waals surface area contributed by atoms with Gasteiger partial charge < -0.3 is 42.0 Å². The molecule has 0 aliphatic heterocycles. The maximum absolute atomic E-state index is 12.8. The Hall–Kier alpha value is -3.66. The molecule has 0 bridgehead atoms. The summed E-state index contributed by atoms with van der Waals surface area (Å²) in [5, 5.41) is 34.2. The van der Waals surface area contributed by atoms with Crippen molar-refractivity contribution in [2.24, 2.45) is 5.73 Å². The van der Waals surface area contributed by atoms with Crippen molar-refractivity contribution in [2.45, 2.75) is 56.3 Å². The number of imidazole rings is 1. The third kappa shape index (κ3) is 11.2. The lowest BCUT2D eigenvalue weighted by Gasteiger charge is -2.24. The Morgan fingerprint density at radius 2 is 1.56 bits per heavy atom. The number of H-pyrrole nitrogens is 1. The Kier molecular flexibility index (Phi) is 13.0. The van der Waals surface area contributed by atoms with Gasteiger partial charge in [-0.25, -0.2) is 9.78 Å². The molecule has 0 fully saturated rings. The lowest BCUT2D eigenvalue weighted by atomic mass is 10.1. The molecule has 9 N–H and O–H groups in total. The summed E-state index contributed by atoms with van der Waals surface area (Å²) in [7, 11) is 0. The fraction of sp³-hybridized carbons (Fsp3) is 0.550. The van der Waals surface area contributed by atoms with Crippen molar-refractivity contribution in [3.05, 3.63) is 18.2 Å². The van der Waals surface area contributed by atoms with E-state index >= 15 is 0 Å². The zero-order valence-electron chi connectivity index (χ0n) is 19.4. The molecular formula is C20H30N6O9S. The summed E-state index contributed by atoms with van der Waals surface area (Å²) in [6.07, 6.45) is 2.78. The van der Waals surface area contributed by atoms with E-state index in [1.807, 2.05) is 6.26 Å². The van der Waals surface area contributed by atoms with E-state index in [0.717, 1.165) is 0 Å². The molecule has 0 saturated heterocycles. The molecule has 3 amide bonds. The number of carbonyl (C=O) groups excluding carboxylic acids is 3. The molecule has 1 aromatic rings. The first-order chi connectivity index (χ1) is 16.9. The van der Waals surface area contributed by atoms with Crippen molar-refractivity contribution < 1.29 is 44.1 Å². The maximum atomic E-state index is 12.8. The molecule has 0 aliphatic carbocycles. The monoisotopic (exact) mass is 530 g/mol. The van der Waals surface area contributed by atoms with Crippen LogP contribution in [0.25, 0.3) is 0 Å². The Labute approximate surface area is 210 Å². The van der Waals surface area contributed by atoms with Gasteiger partial charge in [0.05, 0.1) is 18.8 Å². The predicted octanol–water partition coefficient (Wildman–Crippen LogP) is -2.09. The SMILES string of the molecule is CSCCC(N)C(=O)NC(CCC(=O)O)C(=O)NC(CC(=O)O)C(=O)NC(Cc1cnc[nH]1)C(=O)O. The van der Waals surface area contributed by atoms with Crippen LogP contribution in [0.15, 0.2) is 12.5 Å². The number of thioether (sulfide) groups is 1. The summed E-state index contributed by atoms with van der Waals surface area (Å²) < 4.78 is 0. The van der Waals surface area contributed by atoms with Crippen molar-refractivity contribution in [1.82, 2.24) is 25.9 Å². The summed E-state index contributed by atoms with van der Waals surface area (Å²) >= 11 is 1.45. The third-order valence-corrected chi connectivity index (χ3v) is 5.50. The smallest absolute Gasteiger partial charge is 0.326 e. The molecule has 0 spiro atoms. The van der Waals surface area contributed by atoms with Crippen LogP contribution in [0, 0.1) is 0 Å². The highest BCUT2D eigenvalue weighted by atomic mass is 32.2. The van der Waals surface area contributed by atoms with Gasteiger partial charge in [0.25, 0.3) is 0 Å². The number of carbonyl (C=O) groups is 6. The fourth-order valence-electron chi connectivity index (χ4n) is 2.94. The summed E-state index contributed by atoms with van der Waals surface area (Å²) in [4.78, 5) is 78.2. The van der Waals surface area contributed by atoms with E-state index in [4.69, 9.17) is 10.8 Å². The summed E-state index contributed by atoms with van der Waals surface area (Å²) in [5.41, 5.74) is 6.17. The number of aliphatic carboxylic acids is 3. The number of aromatic amines is 1. The van der Waals surface area contributed by atoms with Crippen LogP contribution in [-0.4, -0.2) is 97.1 Å². The number of rotatable bonds is 17. The molecule has 0 radical (unpaired) electrons. The lowest BCUT2D eigenvalue weighted by molar-refractivity contribution is -0.143. The molecule has 36 heavy (non-hydrogen) atoms. The van der Waals surface area contributed by atoms with E-state index in [2.05, 4.69) is 25.9 Å². The predicted molar refractivity (Wildman–Crippen MR) is 126 cm³/mol. The van der Waals surface area contributed by atoms with E-state index in [1.165, 1.54) is 24.3 Å². The first kappa shape index (κ1) is 30.4. The van der Waals surface area contributed by atoms with Crippen LogP contribution in [0.1, 0.15) is 31.4 Å². The number of nitrogens with one attached hydrogen (secondary N) is 4. The zero-order valence-corrected chi connectivity index (χ0v) is 20.2. The Balaban J connectivity index is 2.99. The van der Waals surface area contributed by atoms with Crippen molar-refractivity contribution >= 4 is 47.4 Å². The summed E-state index contributed by atoms with van der Waals surface area (Å²) in [5.74, 6) is -6.42. The second kappa shape index (κ2) is 15.4. The maximum Gasteiger partial charge on any atom is 0.326 e. The number of hydrogen-bond acceptors (Lipinski definition) is 9. The standard InChI is InChI=1S/C20H30N6O9S/c1-36-5-4-11(21)17(31)24-12(2-3-15(27)28)18(32)25-13(7-16(29)30)19(33)26-14(20(34)35)6-10-8-22-9-23-10/h8-9,11-14H,2-7,21H2,1H3,(H,22,23)(H,24,31)(H,25,32)(H,26,33)(H,27,28)(H,29,30)(H,34,35). The van der Waals surface area contributed by atoms with Gasteiger partial charge in [0.2, 0.25) is 17.7 Å². The van der Waals surface area contributed by atoms with Gasteiger partial charge in [0.15, 0.2) is 0 Å². The largest absolute Gasteiger partial charge is 0.481 e. The van der Waals surface area contributed by atoms with Gasteiger partial charge in [0, 0.05) is 24.7 Å². The fourth-order valence-corrected chi connectivity index (χ4v) is 3.43. The van der Waals surface area contributed by atoms with E-state index in [1.54, 1.807) is 0 Å². The van der Waals surface area contributed by atoms with Crippen LogP contribution in [0.3, 0.4) is 0 Å². The number of aromatic nitrogens is 2. The van der Waals surface area contributed by atoms with Gasteiger partial charge in [-0.15, -0.1) is 0 Å².